The van der Waals surface area contributed by atoms with Gasteiger partial charge in [0.1, 0.15) is 5.71 Å². The molecule has 1 heterocycles. The van der Waals surface area contributed by atoms with Crippen LogP contribution in [0.4, 0.5) is 0 Å². The molecule has 0 radical (unpaired) electrons. The molecule has 0 saturated carbocycles. The number of hydrogen-bond acceptors (Lipinski definition) is 4. The number of ketones is 1. The van der Waals surface area contributed by atoms with Gasteiger partial charge in [0.2, 0.25) is 0 Å². The number of hydrogen-bond donors (Lipinski definition) is 0. The van der Waals surface area contributed by atoms with Crippen LogP contribution in [0.1, 0.15) is 26.2 Å². The normalized spacial score (nSPS) is 20.1. The van der Waals surface area contributed by atoms with Crippen LogP contribution in [-0.2, 0) is 14.3 Å². The topological polar surface area (TPSA) is 55.7 Å². The molecule has 4 nitrogen and oxygen atoms in total. The van der Waals surface area contributed by atoms with Gasteiger partial charge < -0.3 is 4.74 Å². The molecule has 0 aromatic heterocycles. The summed E-state index contributed by atoms with van der Waals surface area (Å²) in [5, 5.41) is 0. The maximum absolute atomic E-state index is 11.5. The summed E-state index contributed by atoms with van der Waals surface area (Å²) in [5.74, 6) is -0.253. The van der Waals surface area contributed by atoms with Crippen LogP contribution >= 0.6 is 0 Å². The molecular weight excluding hydrogens is 194 g/mol. The molecule has 80 valence electrons. The molecule has 0 aromatic carbocycles. The zero-order chi connectivity index (χ0) is 10.8. The number of esters is 1. The summed E-state index contributed by atoms with van der Waals surface area (Å²) < 4.78 is 4.89. The summed E-state index contributed by atoms with van der Waals surface area (Å²) in [5.41, 5.74) is 1.92. The van der Waals surface area contributed by atoms with Gasteiger partial charge in [-0.1, -0.05) is 0 Å². The van der Waals surface area contributed by atoms with E-state index in [-0.39, 0.29) is 5.78 Å². The van der Waals surface area contributed by atoms with Crippen molar-refractivity contribution >= 4 is 17.5 Å². The van der Waals surface area contributed by atoms with E-state index < -0.39 is 5.97 Å². The zero-order valence-corrected chi connectivity index (χ0v) is 8.71. The Morgan fingerprint density at radius 2 is 2.20 bits per heavy atom. The number of nitrogens with zero attached hydrogens (tertiary/aromatic N) is 1. The summed E-state index contributed by atoms with van der Waals surface area (Å²) >= 11 is 0. The first kappa shape index (κ1) is 10.1. The van der Waals surface area contributed by atoms with E-state index in [9.17, 15) is 9.59 Å². The van der Waals surface area contributed by atoms with Gasteiger partial charge in [0.05, 0.1) is 13.2 Å². The minimum atomic E-state index is -0.391. The molecule has 0 unspecified atom stereocenters. The van der Waals surface area contributed by atoms with Crippen molar-refractivity contribution in [3.63, 3.8) is 0 Å². The van der Waals surface area contributed by atoms with Gasteiger partial charge >= 0.3 is 5.97 Å². The maximum atomic E-state index is 11.5. The monoisotopic (exact) mass is 207 g/mol. The summed E-state index contributed by atoms with van der Waals surface area (Å²) in [6.07, 6.45) is 2.18. The average Bonchev–Trinajstić information content (AvgIpc) is 2.63. The quantitative estimate of drug-likeness (QED) is 0.636. The first-order valence-corrected chi connectivity index (χ1v) is 5.21. The highest BCUT2D eigenvalue weighted by Gasteiger charge is 2.31. The van der Waals surface area contributed by atoms with Crippen molar-refractivity contribution in [3.8, 4) is 0 Å². The predicted molar refractivity (Wildman–Crippen MR) is 54.8 cm³/mol. The van der Waals surface area contributed by atoms with Gasteiger partial charge in [-0.3, -0.25) is 9.79 Å². The van der Waals surface area contributed by atoms with E-state index in [1.165, 1.54) is 0 Å². The highest BCUT2D eigenvalue weighted by Crippen LogP contribution is 2.28. The number of carbonyl (C=O) groups is 2. The maximum Gasteiger partial charge on any atom is 0.356 e. The van der Waals surface area contributed by atoms with Crippen LogP contribution < -0.4 is 0 Å². The van der Waals surface area contributed by atoms with E-state index in [1.54, 1.807) is 6.92 Å². The van der Waals surface area contributed by atoms with Crippen LogP contribution in [0.25, 0.3) is 0 Å². The second-order valence-electron chi connectivity index (χ2n) is 3.62. The van der Waals surface area contributed by atoms with Crippen molar-refractivity contribution < 1.29 is 14.3 Å². The lowest BCUT2D eigenvalue weighted by Gasteiger charge is -2.13. The lowest BCUT2D eigenvalue weighted by molar-refractivity contribution is -0.134. The molecule has 1 aliphatic heterocycles. The molecule has 0 amide bonds. The second kappa shape index (κ2) is 3.96. The second-order valence-corrected chi connectivity index (χ2v) is 3.62. The van der Waals surface area contributed by atoms with Gasteiger partial charge in [0.15, 0.2) is 5.78 Å². The molecule has 0 bridgehead atoms. The molecule has 0 aromatic rings. The first-order chi connectivity index (χ1) is 7.24. The lowest BCUT2D eigenvalue weighted by atomic mass is 9.90. The van der Waals surface area contributed by atoms with Crippen molar-refractivity contribution in [2.45, 2.75) is 26.2 Å². The number of carbonyl (C=O) groups excluding carboxylic acids is 2. The first-order valence-electron chi connectivity index (χ1n) is 5.21. The van der Waals surface area contributed by atoms with Crippen LogP contribution in [0.5, 0.6) is 0 Å². The molecule has 0 spiro atoms. The number of Topliss-reactive ketones (excluding diaryl/α,β-unsaturated/α-hetero) is 1. The highest BCUT2D eigenvalue weighted by atomic mass is 16.5. The average molecular weight is 207 g/mol. The third-order valence-corrected chi connectivity index (χ3v) is 2.68. The zero-order valence-electron chi connectivity index (χ0n) is 8.71. The fraction of sp³-hybridized carbons (Fsp3) is 0.545. The molecule has 2 rings (SSSR count). The molecule has 1 aliphatic carbocycles. The Labute approximate surface area is 88.0 Å². The molecule has 0 atom stereocenters. The van der Waals surface area contributed by atoms with Crippen LogP contribution in [0, 0.1) is 0 Å². The van der Waals surface area contributed by atoms with Crippen molar-refractivity contribution in [2.24, 2.45) is 4.99 Å². The van der Waals surface area contributed by atoms with Crippen molar-refractivity contribution in [1.29, 1.82) is 0 Å². The van der Waals surface area contributed by atoms with E-state index in [4.69, 9.17) is 4.74 Å². The van der Waals surface area contributed by atoms with Gasteiger partial charge in [-0.05, 0) is 25.3 Å². The molecule has 15 heavy (non-hydrogen) atoms. The number of rotatable bonds is 2. The summed E-state index contributed by atoms with van der Waals surface area (Å²) in [7, 11) is 0. The van der Waals surface area contributed by atoms with Gasteiger partial charge in [0, 0.05) is 12.0 Å². The Hall–Kier alpha value is -1.45. The number of ether oxygens (including phenoxy) is 1. The highest BCUT2D eigenvalue weighted by molar-refractivity contribution is 6.45. The summed E-state index contributed by atoms with van der Waals surface area (Å²) in [6, 6.07) is 0. The Kier molecular flexibility index (Phi) is 2.66. The number of aliphatic imine (C=N–C) groups is 1. The van der Waals surface area contributed by atoms with E-state index in [1.807, 2.05) is 0 Å². The Balaban J connectivity index is 2.23. The van der Waals surface area contributed by atoms with Crippen LogP contribution in [0.15, 0.2) is 16.1 Å². The minimum Gasteiger partial charge on any atom is -0.461 e. The fourth-order valence-electron chi connectivity index (χ4n) is 1.98. The third-order valence-electron chi connectivity index (χ3n) is 2.68. The SMILES string of the molecule is CCOC(=O)C1=NCC2=C1CCCC2=O. The van der Waals surface area contributed by atoms with Crippen LogP contribution in [0.3, 0.4) is 0 Å². The Bertz CT molecular complexity index is 379. The van der Waals surface area contributed by atoms with Gasteiger partial charge in [-0.25, -0.2) is 4.79 Å². The third kappa shape index (κ3) is 1.71. The van der Waals surface area contributed by atoms with E-state index >= 15 is 0 Å². The predicted octanol–water partition coefficient (Wildman–Crippen LogP) is 1.05. The molecule has 0 fully saturated rings. The molecular formula is C11H13NO3. The van der Waals surface area contributed by atoms with Crippen LogP contribution in [-0.4, -0.2) is 30.6 Å². The lowest BCUT2D eigenvalue weighted by Crippen LogP contribution is -2.21. The van der Waals surface area contributed by atoms with Gasteiger partial charge in [-0.15, -0.1) is 0 Å². The van der Waals surface area contributed by atoms with E-state index in [2.05, 4.69) is 4.99 Å². The smallest absolute Gasteiger partial charge is 0.356 e. The molecule has 0 saturated heterocycles. The Morgan fingerprint density at radius 1 is 1.40 bits per heavy atom. The minimum absolute atomic E-state index is 0.138. The molecule has 2 aliphatic rings. The van der Waals surface area contributed by atoms with E-state index in [0.29, 0.717) is 25.3 Å². The van der Waals surface area contributed by atoms with Crippen molar-refractivity contribution in [2.75, 3.05) is 13.2 Å². The van der Waals surface area contributed by atoms with Crippen LogP contribution in [0.2, 0.25) is 0 Å². The summed E-state index contributed by atoms with van der Waals surface area (Å²) in [6.45, 7) is 2.46. The van der Waals surface area contributed by atoms with Gasteiger partial charge in [0.25, 0.3) is 0 Å². The molecule has 0 N–H and O–H groups in total. The standard InChI is InChI=1S/C11H13NO3/c1-2-15-11(14)10-7-4-3-5-9(13)8(7)6-12-10/h2-6H2,1H3. The van der Waals surface area contributed by atoms with Crippen molar-refractivity contribution in [1.82, 2.24) is 0 Å². The Morgan fingerprint density at radius 3 is 2.93 bits per heavy atom. The summed E-state index contributed by atoms with van der Waals surface area (Å²) in [4.78, 5) is 27.1. The fourth-order valence-corrected chi connectivity index (χ4v) is 1.98. The van der Waals surface area contributed by atoms with Crippen molar-refractivity contribution in [3.05, 3.63) is 11.1 Å². The largest absolute Gasteiger partial charge is 0.461 e. The molecule has 4 heteroatoms. The van der Waals surface area contributed by atoms with Gasteiger partial charge in [-0.2, -0.15) is 0 Å². The van der Waals surface area contributed by atoms with E-state index in [0.717, 1.165) is 24.0 Å².